The first-order chi connectivity index (χ1) is 13.8. The molecule has 1 atom stereocenters. The molecule has 0 spiro atoms. The van der Waals surface area contributed by atoms with Crippen LogP contribution >= 0.6 is 0 Å². The fourth-order valence-electron chi connectivity index (χ4n) is 4.16. The van der Waals surface area contributed by atoms with Crippen LogP contribution in [0, 0.1) is 0 Å². The van der Waals surface area contributed by atoms with Gasteiger partial charge in [-0.25, -0.2) is 4.98 Å². The monoisotopic (exact) mass is 371 g/mol. The number of fused-ring (bicyclic) bond motifs is 2. The summed E-state index contributed by atoms with van der Waals surface area (Å²) < 4.78 is 5.93. The maximum Gasteiger partial charge on any atom is 0.227 e. The maximum absolute atomic E-state index is 5.93. The van der Waals surface area contributed by atoms with E-state index in [2.05, 4.69) is 58.6 Å². The number of oxazole rings is 1. The van der Waals surface area contributed by atoms with Gasteiger partial charge in [0.15, 0.2) is 5.58 Å². The van der Waals surface area contributed by atoms with E-state index in [4.69, 9.17) is 4.42 Å². The lowest BCUT2D eigenvalue weighted by atomic mass is 10.0. The van der Waals surface area contributed by atoms with Crippen molar-refractivity contribution in [2.45, 2.75) is 38.8 Å². The largest absolute Gasteiger partial charge is 0.436 e. The highest BCUT2D eigenvalue weighted by molar-refractivity contribution is 5.82. The summed E-state index contributed by atoms with van der Waals surface area (Å²) in [6, 6.07) is 14.4. The van der Waals surface area contributed by atoms with Gasteiger partial charge in [0.1, 0.15) is 5.52 Å². The van der Waals surface area contributed by atoms with Gasteiger partial charge >= 0.3 is 0 Å². The number of anilines is 2. The minimum atomic E-state index is 0.296. The lowest BCUT2D eigenvalue weighted by molar-refractivity contribution is 0.620. The highest BCUT2D eigenvalue weighted by Crippen LogP contribution is 2.38. The summed E-state index contributed by atoms with van der Waals surface area (Å²) in [6.07, 6.45) is 11.9. The van der Waals surface area contributed by atoms with Crippen molar-refractivity contribution >= 4 is 22.5 Å². The Balaban J connectivity index is 1.33. The lowest BCUT2D eigenvalue weighted by Gasteiger charge is -2.24. The van der Waals surface area contributed by atoms with Gasteiger partial charge in [-0.3, -0.25) is 0 Å². The molecule has 1 N–H and O–H groups in total. The van der Waals surface area contributed by atoms with Crippen LogP contribution in [0.4, 0.5) is 11.4 Å². The van der Waals surface area contributed by atoms with E-state index < -0.39 is 0 Å². The predicted octanol–water partition coefficient (Wildman–Crippen LogP) is 6.13. The number of allylic oxidation sites excluding steroid dienone is 4. The molecule has 0 bridgehead atoms. The van der Waals surface area contributed by atoms with Crippen LogP contribution < -0.4 is 10.2 Å². The second kappa shape index (κ2) is 7.19. The Morgan fingerprint density at radius 2 is 2.11 bits per heavy atom. The van der Waals surface area contributed by atoms with Gasteiger partial charge in [-0.05, 0) is 62.9 Å². The molecule has 4 heteroatoms. The van der Waals surface area contributed by atoms with Gasteiger partial charge in [0, 0.05) is 12.1 Å². The Kier molecular flexibility index (Phi) is 4.40. The highest BCUT2D eigenvalue weighted by Gasteiger charge is 2.25. The summed E-state index contributed by atoms with van der Waals surface area (Å²) in [5.41, 5.74) is 6.63. The van der Waals surface area contributed by atoms with Gasteiger partial charge in [0.2, 0.25) is 5.89 Å². The van der Waals surface area contributed by atoms with Crippen molar-refractivity contribution in [1.29, 1.82) is 0 Å². The number of para-hydroxylation sites is 2. The molecule has 4 nitrogen and oxygen atoms in total. The van der Waals surface area contributed by atoms with E-state index in [0.717, 1.165) is 41.7 Å². The molecule has 3 aromatic rings. The van der Waals surface area contributed by atoms with Gasteiger partial charge < -0.3 is 14.6 Å². The first kappa shape index (κ1) is 17.1. The SMILES string of the molecule is CC1Nc2cc(-c3nc4ccccc4o3)ccc2N1CCCC1=CCCC=C1. The number of benzene rings is 2. The molecular formula is C24H25N3O. The zero-order chi connectivity index (χ0) is 18.9. The van der Waals surface area contributed by atoms with Gasteiger partial charge in [0.25, 0.3) is 0 Å². The van der Waals surface area contributed by atoms with E-state index >= 15 is 0 Å². The Labute approximate surface area is 165 Å². The predicted molar refractivity (Wildman–Crippen MR) is 116 cm³/mol. The van der Waals surface area contributed by atoms with Crippen molar-refractivity contribution in [2.24, 2.45) is 0 Å². The molecular weight excluding hydrogens is 346 g/mol. The number of hydrogen-bond acceptors (Lipinski definition) is 4. The number of nitrogens with one attached hydrogen (secondary N) is 1. The van der Waals surface area contributed by atoms with E-state index in [-0.39, 0.29) is 0 Å². The zero-order valence-electron chi connectivity index (χ0n) is 16.2. The quantitative estimate of drug-likeness (QED) is 0.586. The molecule has 5 rings (SSSR count). The van der Waals surface area contributed by atoms with Crippen LogP contribution in [-0.2, 0) is 0 Å². The summed E-state index contributed by atoms with van der Waals surface area (Å²) in [7, 11) is 0. The normalized spacial score (nSPS) is 18.2. The molecule has 1 aliphatic heterocycles. The number of rotatable bonds is 5. The fourth-order valence-corrected chi connectivity index (χ4v) is 4.16. The van der Waals surface area contributed by atoms with E-state index in [1.807, 2.05) is 24.3 Å². The van der Waals surface area contributed by atoms with Crippen LogP contribution in [0.1, 0.15) is 32.6 Å². The maximum atomic E-state index is 5.93. The van der Waals surface area contributed by atoms with Gasteiger partial charge in [0.05, 0.1) is 17.5 Å². The molecule has 1 aromatic heterocycles. The third-order valence-corrected chi connectivity index (χ3v) is 5.61. The molecule has 2 heterocycles. The zero-order valence-corrected chi connectivity index (χ0v) is 16.2. The standard InChI is InChI=1S/C24H25N3O/c1-17-25-21-16-19(24-26-20-11-5-6-12-23(20)28-24)13-14-22(21)27(17)15-7-10-18-8-3-2-4-9-18/h3,5-6,8-9,11-14,16-17,25H,2,4,7,10,15H2,1H3. The molecule has 2 aromatic carbocycles. The Morgan fingerprint density at radius 3 is 2.96 bits per heavy atom. The molecule has 0 amide bonds. The molecule has 1 aliphatic carbocycles. The minimum absolute atomic E-state index is 0.296. The minimum Gasteiger partial charge on any atom is -0.436 e. The second-order valence-corrected chi connectivity index (χ2v) is 7.59. The number of nitrogens with zero attached hydrogens (tertiary/aromatic N) is 2. The van der Waals surface area contributed by atoms with Crippen LogP contribution in [0.15, 0.2) is 70.7 Å². The van der Waals surface area contributed by atoms with Crippen molar-refractivity contribution in [3.8, 4) is 11.5 Å². The van der Waals surface area contributed by atoms with Gasteiger partial charge in [-0.1, -0.05) is 35.9 Å². The van der Waals surface area contributed by atoms with Crippen molar-refractivity contribution in [1.82, 2.24) is 4.98 Å². The molecule has 142 valence electrons. The Morgan fingerprint density at radius 1 is 1.18 bits per heavy atom. The third kappa shape index (κ3) is 3.19. The molecule has 2 aliphatic rings. The Bertz CT molecular complexity index is 1030. The summed E-state index contributed by atoms with van der Waals surface area (Å²) in [5.74, 6) is 0.674. The summed E-state index contributed by atoms with van der Waals surface area (Å²) in [4.78, 5) is 7.08. The van der Waals surface area contributed by atoms with Crippen LogP contribution in [-0.4, -0.2) is 17.7 Å². The molecule has 0 fully saturated rings. The van der Waals surface area contributed by atoms with Gasteiger partial charge in [-0.15, -0.1) is 0 Å². The molecule has 28 heavy (non-hydrogen) atoms. The second-order valence-electron chi connectivity index (χ2n) is 7.59. The van der Waals surface area contributed by atoms with Crippen LogP contribution in [0.3, 0.4) is 0 Å². The van der Waals surface area contributed by atoms with Crippen LogP contribution in [0.5, 0.6) is 0 Å². The molecule has 1 unspecified atom stereocenters. The smallest absolute Gasteiger partial charge is 0.227 e. The molecule has 0 radical (unpaired) electrons. The first-order valence-corrected chi connectivity index (χ1v) is 10.2. The first-order valence-electron chi connectivity index (χ1n) is 10.2. The van der Waals surface area contributed by atoms with Crippen molar-refractivity contribution in [3.05, 3.63) is 66.3 Å². The topological polar surface area (TPSA) is 41.3 Å². The lowest BCUT2D eigenvalue weighted by Crippen LogP contribution is -2.33. The van der Waals surface area contributed by atoms with Gasteiger partial charge in [-0.2, -0.15) is 0 Å². The summed E-state index contributed by atoms with van der Waals surface area (Å²) in [6.45, 7) is 3.27. The average molecular weight is 371 g/mol. The highest BCUT2D eigenvalue weighted by atomic mass is 16.3. The van der Waals surface area contributed by atoms with Crippen LogP contribution in [0.2, 0.25) is 0 Å². The average Bonchev–Trinajstić information content (AvgIpc) is 3.29. The number of aromatic nitrogens is 1. The fraction of sp³-hybridized carbons (Fsp3) is 0.292. The van der Waals surface area contributed by atoms with Crippen LogP contribution in [0.25, 0.3) is 22.6 Å². The van der Waals surface area contributed by atoms with E-state index in [9.17, 15) is 0 Å². The summed E-state index contributed by atoms with van der Waals surface area (Å²) in [5, 5.41) is 3.61. The van der Waals surface area contributed by atoms with E-state index in [1.165, 1.54) is 24.1 Å². The molecule has 0 saturated carbocycles. The van der Waals surface area contributed by atoms with E-state index in [0.29, 0.717) is 12.1 Å². The summed E-state index contributed by atoms with van der Waals surface area (Å²) >= 11 is 0. The van der Waals surface area contributed by atoms with Crippen molar-refractivity contribution in [2.75, 3.05) is 16.8 Å². The van der Waals surface area contributed by atoms with Crippen molar-refractivity contribution in [3.63, 3.8) is 0 Å². The van der Waals surface area contributed by atoms with Crippen molar-refractivity contribution < 1.29 is 4.42 Å². The Hall–Kier alpha value is -3.01. The number of hydrogen-bond donors (Lipinski definition) is 1. The third-order valence-electron chi connectivity index (χ3n) is 5.61. The van der Waals surface area contributed by atoms with E-state index in [1.54, 1.807) is 0 Å². The molecule has 0 saturated heterocycles.